The highest BCUT2D eigenvalue weighted by molar-refractivity contribution is 5.85. The van der Waals surface area contributed by atoms with E-state index in [-0.39, 0.29) is 0 Å². The molecule has 1 aliphatic rings. The largest absolute Gasteiger partial charge is 0.394 e. The molecule has 0 spiro atoms. The lowest BCUT2D eigenvalue weighted by atomic mass is 10.0. The van der Waals surface area contributed by atoms with Crippen LogP contribution in [0.4, 0.5) is 11.5 Å². The third-order valence-corrected chi connectivity index (χ3v) is 4.99. The van der Waals surface area contributed by atoms with Gasteiger partial charge in [0, 0.05) is 5.69 Å². The van der Waals surface area contributed by atoms with Crippen molar-refractivity contribution >= 4 is 22.7 Å². The number of hydrogen-bond acceptors (Lipinski definition) is 8. The van der Waals surface area contributed by atoms with Crippen molar-refractivity contribution in [3.05, 3.63) is 42.5 Å². The second-order valence-electron chi connectivity index (χ2n) is 7.14. The van der Waals surface area contributed by atoms with Crippen molar-refractivity contribution in [1.82, 2.24) is 19.5 Å². The molecule has 3 unspecified atom stereocenters. The van der Waals surface area contributed by atoms with Gasteiger partial charge >= 0.3 is 0 Å². The fraction of sp³-hybridized carbons (Fsp3) is 0.421. The number of hydrogen-bond donors (Lipinski definition) is 4. The van der Waals surface area contributed by atoms with Crippen LogP contribution < -0.4 is 5.32 Å². The molecule has 0 bridgehead atoms. The smallest absolute Gasteiger partial charge is 0.167 e. The van der Waals surface area contributed by atoms with Crippen LogP contribution >= 0.6 is 0 Å². The summed E-state index contributed by atoms with van der Waals surface area (Å²) in [4.78, 5) is 13.0. The molecule has 0 amide bonds. The summed E-state index contributed by atoms with van der Waals surface area (Å²) >= 11 is 0. The number of ether oxygens (including phenoxy) is 1. The van der Waals surface area contributed by atoms with E-state index in [4.69, 9.17) is 4.74 Å². The van der Waals surface area contributed by atoms with Crippen molar-refractivity contribution in [3.8, 4) is 0 Å². The number of nitrogens with zero attached hydrogens (tertiary/aromatic N) is 4. The van der Waals surface area contributed by atoms with Gasteiger partial charge in [-0.2, -0.15) is 0 Å². The highest BCUT2D eigenvalue weighted by atomic mass is 16.6. The van der Waals surface area contributed by atoms with E-state index < -0.39 is 31.1 Å². The van der Waals surface area contributed by atoms with Crippen LogP contribution in [0.2, 0.25) is 0 Å². The molecule has 9 nitrogen and oxygen atoms in total. The minimum Gasteiger partial charge on any atom is -0.394 e. The number of para-hydroxylation sites is 1. The number of aliphatic hydroxyl groups excluding tert-OH is 3. The van der Waals surface area contributed by atoms with Gasteiger partial charge in [0.25, 0.3) is 0 Å². The molecule has 0 saturated carbocycles. The van der Waals surface area contributed by atoms with E-state index in [0.29, 0.717) is 22.9 Å². The van der Waals surface area contributed by atoms with E-state index in [9.17, 15) is 15.3 Å². The predicted molar refractivity (Wildman–Crippen MR) is 102 cm³/mol. The average Bonchev–Trinajstić information content (AvgIpc) is 3.24. The van der Waals surface area contributed by atoms with Crippen molar-refractivity contribution < 1.29 is 20.1 Å². The Morgan fingerprint density at radius 1 is 1.14 bits per heavy atom. The summed E-state index contributed by atoms with van der Waals surface area (Å²) in [5.41, 5.74) is 3.05. The van der Waals surface area contributed by atoms with Crippen LogP contribution in [0.25, 0.3) is 11.2 Å². The molecule has 9 heteroatoms. The molecule has 1 fully saturated rings. The van der Waals surface area contributed by atoms with Crippen LogP contribution in [0.3, 0.4) is 0 Å². The molecule has 4 atom stereocenters. The normalized spacial score (nSPS) is 24.9. The first-order chi connectivity index (χ1) is 13.5. The molecule has 2 aromatic heterocycles. The van der Waals surface area contributed by atoms with Crippen LogP contribution in [0.5, 0.6) is 0 Å². The van der Waals surface area contributed by atoms with Gasteiger partial charge in [0.15, 0.2) is 23.2 Å². The molecular formula is C19H23N5O4. The van der Waals surface area contributed by atoms with Crippen molar-refractivity contribution in [2.45, 2.75) is 44.3 Å². The highest BCUT2D eigenvalue weighted by Gasteiger charge is 2.44. The standard InChI is InChI=1S/C19H23N5O4/c1-10(2)11-5-3-4-6-12(11)23-17-14-18(21-8-20-17)24(9-22-14)19-16(27)15(26)13(7-25)28-19/h3-6,8-10,13,15-16,19,25-27H,7H2,1-2H3,(H,20,21,23)/t13?,15?,16?,19-/m1/s1. The van der Waals surface area contributed by atoms with Crippen molar-refractivity contribution in [1.29, 1.82) is 0 Å². The quantitative estimate of drug-likeness (QED) is 0.518. The Bertz CT molecular complexity index is 976. The van der Waals surface area contributed by atoms with Crippen LogP contribution in [-0.4, -0.2) is 59.8 Å². The summed E-state index contributed by atoms with van der Waals surface area (Å²) in [6.45, 7) is 3.84. The molecule has 0 aliphatic carbocycles. The zero-order valence-corrected chi connectivity index (χ0v) is 15.6. The van der Waals surface area contributed by atoms with Gasteiger partial charge in [-0.3, -0.25) is 4.57 Å². The van der Waals surface area contributed by atoms with Gasteiger partial charge in [-0.15, -0.1) is 0 Å². The maximum atomic E-state index is 10.3. The van der Waals surface area contributed by atoms with Gasteiger partial charge < -0.3 is 25.4 Å². The summed E-state index contributed by atoms with van der Waals surface area (Å²) in [6.07, 6.45) is -1.27. The summed E-state index contributed by atoms with van der Waals surface area (Å²) in [5, 5.41) is 32.9. The molecule has 4 N–H and O–H groups in total. The third kappa shape index (κ3) is 3.12. The predicted octanol–water partition coefficient (Wildman–Crippen LogP) is 1.30. The van der Waals surface area contributed by atoms with E-state index in [2.05, 4.69) is 40.2 Å². The van der Waals surface area contributed by atoms with Crippen LogP contribution in [0.1, 0.15) is 31.6 Å². The molecular weight excluding hydrogens is 362 g/mol. The number of nitrogens with one attached hydrogen (secondary N) is 1. The molecule has 28 heavy (non-hydrogen) atoms. The third-order valence-electron chi connectivity index (χ3n) is 4.99. The Balaban J connectivity index is 1.71. The van der Waals surface area contributed by atoms with E-state index in [1.807, 2.05) is 18.2 Å². The number of imidazole rings is 1. The molecule has 1 saturated heterocycles. The van der Waals surface area contributed by atoms with Crippen molar-refractivity contribution in [3.63, 3.8) is 0 Å². The van der Waals surface area contributed by atoms with Gasteiger partial charge in [-0.25, -0.2) is 15.0 Å². The lowest BCUT2D eigenvalue weighted by Crippen LogP contribution is -2.33. The van der Waals surface area contributed by atoms with E-state index in [1.54, 1.807) is 4.57 Å². The lowest BCUT2D eigenvalue weighted by molar-refractivity contribution is -0.0511. The van der Waals surface area contributed by atoms with Gasteiger partial charge in [0.2, 0.25) is 0 Å². The Labute approximate surface area is 161 Å². The number of anilines is 2. The Kier molecular flexibility index (Phi) is 4.98. The van der Waals surface area contributed by atoms with Gasteiger partial charge in [-0.1, -0.05) is 32.0 Å². The summed E-state index contributed by atoms with van der Waals surface area (Å²) < 4.78 is 7.13. The second-order valence-corrected chi connectivity index (χ2v) is 7.14. The minimum atomic E-state index is -1.21. The summed E-state index contributed by atoms with van der Waals surface area (Å²) in [7, 11) is 0. The molecule has 4 rings (SSSR count). The number of aliphatic hydroxyl groups is 3. The fourth-order valence-corrected chi connectivity index (χ4v) is 3.48. The second kappa shape index (κ2) is 7.44. The molecule has 1 aliphatic heterocycles. The fourth-order valence-electron chi connectivity index (χ4n) is 3.48. The topological polar surface area (TPSA) is 126 Å². The Morgan fingerprint density at radius 2 is 1.93 bits per heavy atom. The molecule has 0 radical (unpaired) electrons. The molecule has 1 aromatic carbocycles. The maximum absolute atomic E-state index is 10.3. The first-order valence-corrected chi connectivity index (χ1v) is 9.17. The highest BCUT2D eigenvalue weighted by Crippen LogP contribution is 2.33. The van der Waals surface area contributed by atoms with Crippen LogP contribution in [0, 0.1) is 0 Å². The first kappa shape index (κ1) is 18.8. The van der Waals surface area contributed by atoms with Crippen LogP contribution in [-0.2, 0) is 4.74 Å². The van der Waals surface area contributed by atoms with Crippen molar-refractivity contribution in [2.24, 2.45) is 0 Å². The Morgan fingerprint density at radius 3 is 2.64 bits per heavy atom. The minimum absolute atomic E-state index is 0.331. The van der Waals surface area contributed by atoms with Crippen LogP contribution in [0.15, 0.2) is 36.9 Å². The number of aromatic nitrogens is 4. The monoisotopic (exact) mass is 385 g/mol. The Hall–Kier alpha value is -2.59. The van der Waals surface area contributed by atoms with Gasteiger partial charge in [-0.05, 0) is 17.5 Å². The summed E-state index contributed by atoms with van der Waals surface area (Å²) in [5.74, 6) is 0.862. The number of benzene rings is 1. The molecule has 148 valence electrons. The van der Waals surface area contributed by atoms with E-state index in [0.717, 1.165) is 11.3 Å². The zero-order valence-electron chi connectivity index (χ0n) is 15.6. The molecule has 3 heterocycles. The number of rotatable bonds is 5. The molecule has 3 aromatic rings. The number of fused-ring (bicyclic) bond motifs is 1. The van der Waals surface area contributed by atoms with Gasteiger partial charge in [0.05, 0.1) is 12.9 Å². The van der Waals surface area contributed by atoms with Crippen molar-refractivity contribution in [2.75, 3.05) is 11.9 Å². The lowest BCUT2D eigenvalue weighted by Gasteiger charge is -2.17. The zero-order chi connectivity index (χ0) is 19.8. The maximum Gasteiger partial charge on any atom is 0.167 e. The summed E-state index contributed by atoms with van der Waals surface area (Å²) in [6, 6.07) is 7.98. The van der Waals surface area contributed by atoms with E-state index >= 15 is 0 Å². The first-order valence-electron chi connectivity index (χ1n) is 9.17. The average molecular weight is 385 g/mol. The SMILES string of the molecule is CC(C)c1ccccc1Nc1ncnc2c1ncn2[C@@H]1OC(CO)C(O)C1O. The van der Waals surface area contributed by atoms with E-state index in [1.165, 1.54) is 12.7 Å². The van der Waals surface area contributed by atoms with Gasteiger partial charge in [0.1, 0.15) is 24.6 Å².